The monoisotopic (exact) mass is 305 g/mol. The minimum atomic E-state index is -0.999. The zero-order valence-corrected chi connectivity index (χ0v) is 13.0. The Morgan fingerprint density at radius 1 is 1.36 bits per heavy atom. The van der Waals surface area contributed by atoms with E-state index in [0.717, 1.165) is 11.3 Å². The van der Waals surface area contributed by atoms with Gasteiger partial charge in [-0.05, 0) is 13.8 Å². The number of rotatable bonds is 5. The average molecular weight is 305 g/mol. The molecular weight excluding hydrogens is 286 g/mol. The van der Waals surface area contributed by atoms with Crippen LogP contribution < -0.4 is 0 Å². The SMILES string of the molecule is Cc1c(CN(C)C(=O)c2cnn(C(C)C(=O)O)c2)cnn1C. The minimum Gasteiger partial charge on any atom is -0.480 e. The maximum atomic E-state index is 12.4. The minimum absolute atomic E-state index is 0.216. The molecule has 1 N–H and O–H groups in total. The van der Waals surface area contributed by atoms with Crippen LogP contribution in [0, 0.1) is 6.92 Å². The van der Waals surface area contributed by atoms with Crippen LogP contribution in [0.5, 0.6) is 0 Å². The summed E-state index contributed by atoms with van der Waals surface area (Å²) in [4.78, 5) is 24.9. The number of carbonyl (C=O) groups is 2. The lowest BCUT2D eigenvalue weighted by Crippen LogP contribution is -2.26. The smallest absolute Gasteiger partial charge is 0.328 e. The van der Waals surface area contributed by atoms with Gasteiger partial charge in [-0.15, -0.1) is 0 Å². The summed E-state index contributed by atoms with van der Waals surface area (Å²) in [6, 6.07) is -0.813. The maximum absolute atomic E-state index is 12.4. The van der Waals surface area contributed by atoms with Crippen molar-refractivity contribution in [2.45, 2.75) is 26.4 Å². The van der Waals surface area contributed by atoms with Crippen molar-refractivity contribution in [3.8, 4) is 0 Å². The molecular formula is C14H19N5O3. The van der Waals surface area contributed by atoms with Gasteiger partial charge in [0.2, 0.25) is 0 Å². The molecule has 8 nitrogen and oxygen atoms in total. The third kappa shape index (κ3) is 3.00. The van der Waals surface area contributed by atoms with Crippen LogP contribution in [0.15, 0.2) is 18.6 Å². The lowest BCUT2D eigenvalue weighted by atomic mass is 10.2. The van der Waals surface area contributed by atoms with Crippen LogP contribution in [-0.4, -0.2) is 48.5 Å². The van der Waals surface area contributed by atoms with Crippen LogP contribution in [0.1, 0.15) is 34.6 Å². The predicted molar refractivity (Wildman–Crippen MR) is 78.3 cm³/mol. The summed E-state index contributed by atoms with van der Waals surface area (Å²) in [5.41, 5.74) is 2.32. The van der Waals surface area contributed by atoms with Gasteiger partial charge in [0.15, 0.2) is 0 Å². The molecule has 8 heteroatoms. The van der Waals surface area contributed by atoms with E-state index in [1.807, 2.05) is 14.0 Å². The number of amides is 1. The summed E-state index contributed by atoms with van der Waals surface area (Å²) in [5, 5.41) is 17.0. The number of hydrogen-bond acceptors (Lipinski definition) is 4. The standard InChI is InChI=1S/C14H19N5O3/c1-9-11(5-15-18(9)4)7-17(3)13(20)12-6-16-19(8-12)10(2)14(21)22/h5-6,8,10H,7H2,1-4H3,(H,21,22). The number of aryl methyl sites for hydroxylation is 1. The highest BCUT2D eigenvalue weighted by Crippen LogP contribution is 2.12. The number of carboxylic acid groups (broad SMARTS) is 1. The zero-order valence-electron chi connectivity index (χ0n) is 13.0. The van der Waals surface area contributed by atoms with E-state index in [1.165, 1.54) is 24.0 Å². The molecule has 0 spiro atoms. The molecule has 0 aliphatic heterocycles. The Morgan fingerprint density at radius 2 is 2.05 bits per heavy atom. The van der Waals surface area contributed by atoms with E-state index in [9.17, 15) is 9.59 Å². The van der Waals surface area contributed by atoms with Crippen LogP contribution in [0.25, 0.3) is 0 Å². The topological polar surface area (TPSA) is 93.2 Å². The van der Waals surface area contributed by atoms with Gasteiger partial charge in [-0.2, -0.15) is 10.2 Å². The van der Waals surface area contributed by atoms with Crippen molar-refractivity contribution in [2.75, 3.05) is 7.05 Å². The molecule has 2 heterocycles. The van der Waals surface area contributed by atoms with E-state index in [0.29, 0.717) is 12.1 Å². The molecule has 0 radical (unpaired) electrons. The Morgan fingerprint density at radius 3 is 2.59 bits per heavy atom. The first-order chi connectivity index (χ1) is 10.3. The molecule has 2 rings (SSSR count). The molecule has 1 unspecified atom stereocenters. The lowest BCUT2D eigenvalue weighted by Gasteiger charge is -2.16. The Kier molecular flexibility index (Phi) is 4.30. The summed E-state index contributed by atoms with van der Waals surface area (Å²) in [7, 11) is 3.53. The van der Waals surface area contributed by atoms with Crippen molar-refractivity contribution < 1.29 is 14.7 Å². The van der Waals surface area contributed by atoms with Crippen molar-refractivity contribution in [3.63, 3.8) is 0 Å². The molecule has 0 saturated carbocycles. The van der Waals surface area contributed by atoms with Crippen LogP contribution in [0.3, 0.4) is 0 Å². The Bertz CT molecular complexity index is 703. The number of hydrogen-bond donors (Lipinski definition) is 1. The summed E-state index contributed by atoms with van der Waals surface area (Å²) >= 11 is 0. The van der Waals surface area contributed by atoms with E-state index < -0.39 is 12.0 Å². The van der Waals surface area contributed by atoms with Crippen LogP contribution in [-0.2, 0) is 18.4 Å². The largest absolute Gasteiger partial charge is 0.480 e. The second kappa shape index (κ2) is 6.00. The molecule has 1 atom stereocenters. The van der Waals surface area contributed by atoms with Gasteiger partial charge >= 0.3 is 5.97 Å². The molecule has 0 fully saturated rings. The van der Waals surface area contributed by atoms with Crippen molar-refractivity contribution in [1.29, 1.82) is 0 Å². The quantitative estimate of drug-likeness (QED) is 0.883. The molecule has 0 bridgehead atoms. The van der Waals surface area contributed by atoms with Gasteiger partial charge in [-0.3, -0.25) is 14.2 Å². The molecule has 0 aliphatic carbocycles. The molecule has 22 heavy (non-hydrogen) atoms. The number of carboxylic acids is 1. The van der Waals surface area contributed by atoms with Crippen molar-refractivity contribution in [2.24, 2.45) is 7.05 Å². The fraction of sp³-hybridized carbons (Fsp3) is 0.429. The number of nitrogens with zero attached hydrogens (tertiary/aromatic N) is 5. The number of aliphatic carboxylic acids is 1. The van der Waals surface area contributed by atoms with Crippen molar-refractivity contribution in [3.05, 3.63) is 35.4 Å². The summed E-state index contributed by atoms with van der Waals surface area (Å²) < 4.78 is 3.01. The van der Waals surface area contributed by atoms with Gasteiger partial charge in [0.05, 0.1) is 18.0 Å². The van der Waals surface area contributed by atoms with Gasteiger partial charge in [0.1, 0.15) is 6.04 Å². The average Bonchev–Trinajstić information content (AvgIpc) is 3.08. The third-order valence-corrected chi connectivity index (χ3v) is 3.69. The van der Waals surface area contributed by atoms with Gasteiger partial charge < -0.3 is 10.0 Å². The maximum Gasteiger partial charge on any atom is 0.328 e. The molecule has 0 aliphatic rings. The first kappa shape index (κ1) is 15.7. The highest BCUT2D eigenvalue weighted by molar-refractivity contribution is 5.93. The summed E-state index contributed by atoms with van der Waals surface area (Å²) in [6.07, 6.45) is 4.57. The molecule has 118 valence electrons. The summed E-state index contributed by atoms with van der Waals surface area (Å²) in [5.74, 6) is -1.21. The second-order valence-electron chi connectivity index (χ2n) is 5.26. The first-order valence-corrected chi connectivity index (χ1v) is 6.81. The van der Waals surface area contributed by atoms with Crippen LogP contribution >= 0.6 is 0 Å². The number of carbonyl (C=O) groups excluding carboxylic acids is 1. The molecule has 0 aromatic carbocycles. The van der Waals surface area contributed by atoms with E-state index in [4.69, 9.17) is 5.11 Å². The Labute approximate surface area is 127 Å². The fourth-order valence-corrected chi connectivity index (χ4v) is 2.02. The van der Waals surface area contributed by atoms with E-state index in [2.05, 4.69) is 10.2 Å². The van der Waals surface area contributed by atoms with Crippen LogP contribution in [0.2, 0.25) is 0 Å². The van der Waals surface area contributed by atoms with Crippen LogP contribution in [0.4, 0.5) is 0 Å². The highest BCUT2D eigenvalue weighted by atomic mass is 16.4. The van der Waals surface area contributed by atoms with Gasteiger partial charge in [0.25, 0.3) is 5.91 Å². The van der Waals surface area contributed by atoms with Gasteiger partial charge in [0, 0.05) is 38.1 Å². The van der Waals surface area contributed by atoms with Crippen molar-refractivity contribution in [1.82, 2.24) is 24.5 Å². The summed E-state index contributed by atoms with van der Waals surface area (Å²) in [6.45, 7) is 3.87. The third-order valence-electron chi connectivity index (χ3n) is 3.69. The molecule has 0 saturated heterocycles. The normalized spacial score (nSPS) is 12.2. The van der Waals surface area contributed by atoms with Crippen molar-refractivity contribution >= 4 is 11.9 Å². The molecule has 2 aromatic heterocycles. The van der Waals surface area contributed by atoms with Gasteiger partial charge in [-0.1, -0.05) is 0 Å². The van der Waals surface area contributed by atoms with E-state index >= 15 is 0 Å². The Balaban J connectivity index is 2.11. The van der Waals surface area contributed by atoms with E-state index in [1.54, 1.807) is 22.8 Å². The molecule has 2 aromatic rings. The fourth-order valence-electron chi connectivity index (χ4n) is 2.02. The lowest BCUT2D eigenvalue weighted by molar-refractivity contribution is -0.140. The Hall–Kier alpha value is -2.64. The highest BCUT2D eigenvalue weighted by Gasteiger charge is 2.19. The zero-order chi connectivity index (χ0) is 16.4. The number of aromatic nitrogens is 4. The van der Waals surface area contributed by atoms with E-state index in [-0.39, 0.29) is 5.91 Å². The second-order valence-corrected chi connectivity index (χ2v) is 5.26. The van der Waals surface area contributed by atoms with Gasteiger partial charge in [-0.25, -0.2) is 4.79 Å². The first-order valence-electron chi connectivity index (χ1n) is 6.81. The predicted octanol–water partition coefficient (Wildman–Crippen LogP) is 0.843. The molecule has 1 amide bonds.